The molecule has 0 fully saturated rings. The van der Waals surface area contributed by atoms with E-state index in [1.54, 1.807) is 0 Å². The Labute approximate surface area is 276 Å². The van der Waals surface area contributed by atoms with Crippen LogP contribution in [-0.2, 0) is 0 Å². The molecule has 0 amide bonds. The Balaban J connectivity index is 1.56. The van der Waals surface area contributed by atoms with Crippen molar-refractivity contribution >= 4 is 62.7 Å². The van der Waals surface area contributed by atoms with Crippen LogP contribution in [0.5, 0.6) is 0 Å². The summed E-state index contributed by atoms with van der Waals surface area (Å²) in [5.41, 5.74) is -1.93. The molecule has 0 bridgehead atoms. The second-order valence-corrected chi connectivity index (χ2v) is 22.5. The van der Waals surface area contributed by atoms with Crippen LogP contribution in [0.3, 0.4) is 0 Å². The second kappa shape index (κ2) is 14.5. The Kier molecular flexibility index (Phi) is 10.3. The molecule has 0 saturated carbocycles. The zero-order valence-electron chi connectivity index (χ0n) is 24.2. The van der Waals surface area contributed by atoms with Gasteiger partial charge in [0.25, 0.3) is 0 Å². The molecule has 0 saturated heterocycles. The van der Waals surface area contributed by atoms with Crippen molar-refractivity contribution in [3.63, 3.8) is 0 Å². The van der Waals surface area contributed by atoms with Gasteiger partial charge in [0.05, 0.1) is 0 Å². The van der Waals surface area contributed by atoms with E-state index in [0.29, 0.717) is 0 Å². The standard InChI is InChI=1S/C38H34N2P2Se2/c43-41(33-23-11-3-12-24-33,34-25-13-4-14-26-34)39-37(31-19-7-1-8-20-31)38(32-21-9-2-10-22-32)40-42(44,35-27-15-5-16-28-35)36-29-17-6-18-30-36/h1-30,37-38H,(H,39,43)(H,40,44)/t37-,38-/m0/s1. The van der Waals surface area contributed by atoms with E-state index < -0.39 is 11.3 Å². The van der Waals surface area contributed by atoms with Gasteiger partial charge >= 0.3 is 278 Å². The van der Waals surface area contributed by atoms with Crippen LogP contribution >= 0.6 is 11.3 Å². The molecule has 44 heavy (non-hydrogen) atoms. The maximum absolute atomic E-state index is 4.30. The summed E-state index contributed by atoms with van der Waals surface area (Å²) >= 11 is 7.46. The van der Waals surface area contributed by atoms with E-state index in [-0.39, 0.29) is 12.1 Å². The van der Waals surface area contributed by atoms with Gasteiger partial charge in [-0.3, -0.25) is 0 Å². The average molecular weight is 739 g/mol. The van der Waals surface area contributed by atoms with E-state index >= 15 is 0 Å². The van der Waals surface area contributed by atoms with Gasteiger partial charge < -0.3 is 0 Å². The van der Waals surface area contributed by atoms with Crippen LogP contribution in [0.15, 0.2) is 182 Å². The zero-order valence-corrected chi connectivity index (χ0v) is 29.4. The molecule has 2 N–H and O–H groups in total. The van der Waals surface area contributed by atoms with Crippen LogP contribution in [0.2, 0.25) is 0 Å². The molecule has 6 rings (SSSR count). The SMILES string of the molecule is [Se]=P(N[C@@H](c1ccccc1)[C@@H](NP(=[Se])(c1ccccc1)c1ccccc1)c1ccccc1)(c1ccccc1)c1ccccc1. The van der Waals surface area contributed by atoms with E-state index in [9.17, 15) is 0 Å². The molecule has 0 unspecified atom stereocenters. The first kappa shape index (κ1) is 31.1. The third-order valence-electron chi connectivity index (χ3n) is 7.77. The number of hydrogen-bond acceptors (Lipinski definition) is 2. The number of nitrogens with one attached hydrogen (secondary N) is 2. The first-order chi connectivity index (χ1) is 21.6. The molecule has 2 atom stereocenters. The minimum absolute atomic E-state index is 0.0752. The molecule has 6 heteroatoms. The Morgan fingerprint density at radius 2 is 0.523 bits per heavy atom. The molecular weight excluding hydrogens is 704 g/mol. The van der Waals surface area contributed by atoms with Gasteiger partial charge in [-0.05, 0) is 0 Å². The van der Waals surface area contributed by atoms with Gasteiger partial charge in [0, 0.05) is 0 Å². The summed E-state index contributed by atoms with van der Waals surface area (Å²) in [5, 5.41) is 13.7. The summed E-state index contributed by atoms with van der Waals surface area (Å²) in [6.45, 7) is 0. The van der Waals surface area contributed by atoms with Crippen molar-refractivity contribution in [2.75, 3.05) is 0 Å². The fraction of sp³-hybridized carbons (Fsp3) is 0.0526. The van der Waals surface area contributed by atoms with Crippen LogP contribution in [0.4, 0.5) is 0 Å². The average Bonchev–Trinajstić information content (AvgIpc) is 3.12. The third-order valence-corrected chi connectivity index (χ3v) is 19.8. The van der Waals surface area contributed by atoms with Crippen LogP contribution in [0, 0.1) is 0 Å². The molecule has 0 radical (unpaired) electrons. The molecular formula is C38H34N2P2Se2. The Morgan fingerprint density at radius 3 is 0.750 bits per heavy atom. The van der Waals surface area contributed by atoms with E-state index in [1.807, 2.05) is 0 Å². The molecule has 0 aliphatic rings. The number of rotatable bonds is 11. The maximum atomic E-state index is 4.30. The molecule has 0 spiro atoms. The summed E-state index contributed by atoms with van der Waals surface area (Å²) in [7, 11) is 0. The fourth-order valence-electron chi connectivity index (χ4n) is 5.54. The van der Waals surface area contributed by atoms with Gasteiger partial charge in [0.15, 0.2) is 0 Å². The van der Waals surface area contributed by atoms with Gasteiger partial charge in [-0.25, -0.2) is 0 Å². The first-order valence-electron chi connectivity index (χ1n) is 14.7. The van der Waals surface area contributed by atoms with Crippen LogP contribution in [0.1, 0.15) is 23.2 Å². The first-order valence-corrected chi connectivity index (χ1v) is 22.7. The van der Waals surface area contributed by atoms with Crippen LogP contribution in [-0.4, -0.2) is 30.2 Å². The van der Waals surface area contributed by atoms with Crippen molar-refractivity contribution in [2.24, 2.45) is 0 Å². The van der Waals surface area contributed by atoms with Gasteiger partial charge in [0.2, 0.25) is 0 Å². The number of hydrogen-bond donors (Lipinski definition) is 2. The van der Waals surface area contributed by atoms with Crippen molar-refractivity contribution in [2.45, 2.75) is 12.1 Å². The Morgan fingerprint density at radius 1 is 0.318 bits per heavy atom. The second-order valence-electron chi connectivity index (χ2n) is 10.6. The van der Waals surface area contributed by atoms with Gasteiger partial charge in [-0.15, -0.1) is 0 Å². The third kappa shape index (κ3) is 6.85. The molecule has 0 heterocycles. The van der Waals surface area contributed by atoms with E-state index in [2.05, 4.69) is 222 Å². The molecule has 0 aliphatic carbocycles. The van der Waals surface area contributed by atoms with Crippen molar-refractivity contribution in [3.05, 3.63) is 193 Å². The van der Waals surface area contributed by atoms with Gasteiger partial charge in [-0.2, -0.15) is 0 Å². The quantitative estimate of drug-likeness (QED) is 0.111. The van der Waals surface area contributed by atoms with E-state index in [1.165, 1.54) is 32.3 Å². The molecule has 2 nitrogen and oxygen atoms in total. The summed E-state index contributed by atoms with van der Waals surface area (Å²) < 4.78 is 0. The normalized spacial score (nSPS) is 13.2. The van der Waals surface area contributed by atoms with Crippen molar-refractivity contribution < 1.29 is 0 Å². The molecule has 6 aromatic carbocycles. The van der Waals surface area contributed by atoms with Crippen molar-refractivity contribution in [1.29, 1.82) is 0 Å². The molecule has 6 aromatic rings. The van der Waals surface area contributed by atoms with Gasteiger partial charge in [-0.1, -0.05) is 0 Å². The van der Waals surface area contributed by atoms with E-state index in [4.69, 9.17) is 0 Å². The summed E-state index contributed by atoms with van der Waals surface area (Å²) in [4.78, 5) is 0. The summed E-state index contributed by atoms with van der Waals surface area (Å²) in [6, 6.07) is 65.1. The van der Waals surface area contributed by atoms with Crippen LogP contribution < -0.4 is 31.4 Å². The number of benzene rings is 6. The fourth-order valence-corrected chi connectivity index (χ4v) is 15.0. The van der Waals surface area contributed by atoms with Gasteiger partial charge in [0.1, 0.15) is 0 Å². The predicted octanol–water partition coefficient (Wildman–Crippen LogP) is 6.98. The zero-order chi connectivity index (χ0) is 30.2. The van der Waals surface area contributed by atoms with Crippen molar-refractivity contribution in [3.8, 4) is 0 Å². The minimum atomic E-state index is -2.19. The molecule has 0 aromatic heterocycles. The molecule has 218 valence electrons. The Bertz CT molecular complexity index is 1630. The Hall–Kier alpha value is -2.86. The summed E-state index contributed by atoms with van der Waals surface area (Å²) in [6.07, 6.45) is 0. The monoisotopic (exact) mass is 740 g/mol. The predicted molar refractivity (Wildman–Crippen MR) is 194 cm³/mol. The topological polar surface area (TPSA) is 24.1 Å². The summed E-state index contributed by atoms with van der Waals surface area (Å²) in [5.74, 6) is 0. The van der Waals surface area contributed by atoms with E-state index in [0.717, 1.165) is 0 Å². The van der Waals surface area contributed by atoms with Crippen LogP contribution in [0.25, 0.3) is 0 Å². The van der Waals surface area contributed by atoms with Crippen molar-refractivity contribution in [1.82, 2.24) is 10.2 Å². The molecule has 0 aliphatic heterocycles.